The molecule has 2 atom stereocenters. The summed E-state index contributed by atoms with van der Waals surface area (Å²) in [5, 5.41) is 10.4. The highest BCUT2D eigenvalue weighted by molar-refractivity contribution is 8.00. The van der Waals surface area contributed by atoms with Gasteiger partial charge in [0, 0.05) is 24.1 Å². The first kappa shape index (κ1) is 12.7. The first-order valence-corrected chi connectivity index (χ1v) is 7.26. The highest BCUT2D eigenvalue weighted by atomic mass is 32.2. The van der Waals surface area contributed by atoms with Gasteiger partial charge in [-0.3, -0.25) is 4.98 Å². The van der Waals surface area contributed by atoms with Crippen LogP contribution < -0.4 is 4.90 Å². The van der Waals surface area contributed by atoms with Crippen molar-refractivity contribution in [2.24, 2.45) is 0 Å². The van der Waals surface area contributed by atoms with Crippen LogP contribution in [0.4, 0.5) is 5.69 Å². The van der Waals surface area contributed by atoms with E-state index in [4.69, 9.17) is 0 Å². The van der Waals surface area contributed by atoms with Crippen molar-refractivity contribution in [2.75, 3.05) is 23.7 Å². The molecule has 1 unspecified atom stereocenters. The molecule has 0 aromatic carbocycles. The van der Waals surface area contributed by atoms with Crippen molar-refractivity contribution in [3.8, 4) is 0 Å². The van der Waals surface area contributed by atoms with Crippen molar-refractivity contribution < 1.29 is 5.11 Å². The molecule has 1 saturated heterocycles. The Bertz CT molecular complexity index is 355. The fourth-order valence-electron chi connectivity index (χ4n) is 2.04. The quantitative estimate of drug-likeness (QED) is 0.896. The van der Waals surface area contributed by atoms with Gasteiger partial charge in [0.2, 0.25) is 0 Å². The Labute approximate surface area is 107 Å². The second-order valence-electron chi connectivity index (χ2n) is 4.49. The fraction of sp³-hybridized carbons (Fsp3) is 0.615. The van der Waals surface area contributed by atoms with Gasteiger partial charge in [0.25, 0.3) is 0 Å². The van der Waals surface area contributed by atoms with E-state index in [0.717, 1.165) is 18.8 Å². The van der Waals surface area contributed by atoms with Crippen LogP contribution in [0, 0.1) is 0 Å². The second-order valence-corrected chi connectivity index (χ2v) is 6.04. The summed E-state index contributed by atoms with van der Waals surface area (Å²) in [5.41, 5.74) is 1.94. The lowest BCUT2D eigenvalue weighted by Gasteiger charge is -2.32. The minimum Gasteiger partial charge on any atom is -0.387 e. The third kappa shape index (κ3) is 3.13. The summed E-state index contributed by atoms with van der Waals surface area (Å²) < 4.78 is 0. The number of hydrogen-bond acceptors (Lipinski definition) is 4. The smallest absolute Gasteiger partial charge is 0.0957 e. The Hall–Kier alpha value is -0.740. The van der Waals surface area contributed by atoms with Crippen molar-refractivity contribution in [1.29, 1.82) is 0 Å². The van der Waals surface area contributed by atoms with Crippen molar-refractivity contribution in [3.05, 3.63) is 24.0 Å². The molecule has 1 N–H and O–H groups in total. The third-order valence-corrected chi connectivity index (χ3v) is 4.24. The number of aromatic nitrogens is 1. The predicted octanol–water partition coefficient (Wildman–Crippen LogP) is 2.47. The van der Waals surface area contributed by atoms with Gasteiger partial charge in [-0.2, -0.15) is 11.8 Å². The van der Waals surface area contributed by atoms with Gasteiger partial charge in [0.1, 0.15) is 0 Å². The van der Waals surface area contributed by atoms with E-state index in [1.54, 1.807) is 0 Å². The number of aliphatic hydroxyl groups excluding tert-OH is 1. The molecule has 0 spiro atoms. The molecule has 0 saturated carbocycles. The molecule has 0 aliphatic carbocycles. The number of aliphatic hydroxyl groups is 1. The predicted molar refractivity (Wildman–Crippen MR) is 73.6 cm³/mol. The fourth-order valence-corrected chi connectivity index (χ4v) is 3.06. The molecular formula is C13H20N2OS. The summed E-state index contributed by atoms with van der Waals surface area (Å²) in [7, 11) is 0. The highest BCUT2D eigenvalue weighted by Gasteiger charge is 2.17. The largest absolute Gasteiger partial charge is 0.387 e. The number of rotatable bonds is 3. The highest BCUT2D eigenvalue weighted by Crippen LogP contribution is 2.24. The Balaban J connectivity index is 2.06. The molecule has 1 aliphatic rings. The lowest BCUT2D eigenvalue weighted by atomic mass is 10.2. The number of thioether (sulfide) groups is 1. The van der Waals surface area contributed by atoms with E-state index < -0.39 is 6.10 Å². The normalized spacial score (nSPS) is 22.5. The summed E-state index contributed by atoms with van der Waals surface area (Å²) in [4.78, 5) is 6.72. The van der Waals surface area contributed by atoms with Gasteiger partial charge in [0.05, 0.1) is 23.7 Å². The van der Waals surface area contributed by atoms with Crippen LogP contribution in [0.2, 0.25) is 0 Å². The number of hydrogen-bond donors (Lipinski definition) is 1. The van der Waals surface area contributed by atoms with Crippen LogP contribution in [-0.4, -0.2) is 34.2 Å². The van der Waals surface area contributed by atoms with E-state index in [1.165, 1.54) is 11.4 Å². The first-order chi connectivity index (χ1) is 8.20. The van der Waals surface area contributed by atoms with Crippen LogP contribution in [0.3, 0.4) is 0 Å². The Morgan fingerprint density at radius 3 is 3.00 bits per heavy atom. The van der Waals surface area contributed by atoms with Crippen molar-refractivity contribution >= 4 is 17.4 Å². The van der Waals surface area contributed by atoms with Crippen LogP contribution in [-0.2, 0) is 0 Å². The zero-order valence-corrected chi connectivity index (χ0v) is 11.3. The number of pyridine rings is 1. The molecular weight excluding hydrogens is 232 g/mol. The Morgan fingerprint density at radius 2 is 2.41 bits per heavy atom. The van der Waals surface area contributed by atoms with Crippen molar-refractivity contribution in [1.82, 2.24) is 4.98 Å². The van der Waals surface area contributed by atoms with Gasteiger partial charge in [-0.1, -0.05) is 13.8 Å². The molecule has 94 valence electrons. The van der Waals surface area contributed by atoms with E-state index in [0.29, 0.717) is 11.7 Å². The van der Waals surface area contributed by atoms with Gasteiger partial charge in [-0.25, -0.2) is 0 Å². The molecule has 1 fully saturated rings. The van der Waals surface area contributed by atoms with Gasteiger partial charge in [-0.15, -0.1) is 0 Å². The van der Waals surface area contributed by atoms with E-state index in [-0.39, 0.29) is 0 Å². The maximum atomic E-state index is 9.69. The molecule has 3 nitrogen and oxygen atoms in total. The van der Waals surface area contributed by atoms with Crippen LogP contribution in [0.25, 0.3) is 0 Å². The summed E-state index contributed by atoms with van der Waals surface area (Å²) in [5.74, 6) is 1.18. The molecule has 0 bridgehead atoms. The average molecular weight is 252 g/mol. The van der Waals surface area contributed by atoms with Gasteiger partial charge < -0.3 is 10.0 Å². The summed E-state index contributed by atoms with van der Waals surface area (Å²) in [6.45, 7) is 6.40. The van der Waals surface area contributed by atoms with Crippen molar-refractivity contribution in [2.45, 2.75) is 31.6 Å². The molecule has 1 aliphatic heterocycles. The number of anilines is 1. The molecule has 1 aromatic rings. The van der Waals surface area contributed by atoms with Gasteiger partial charge >= 0.3 is 0 Å². The molecule has 4 heteroatoms. The minimum absolute atomic E-state index is 0.431. The van der Waals surface area contributed by atoms with E-state index in [1.807, 2.05) is 30.9 Å². The maximum absolute atomic E-state index is 9.69. The van der Waals surface area contributed by atoms with E-state index >= 15 is 0 Å². The summed E-state index contributed by atoms with van der Waals surface area (Å²) in [6, 6.07) is 4.01. The van der Waals surface area contributed by atoms with Crippen LogP contribution in [0.15, 0.2) is 18.3 Å². The first-order valence-electron chi connectivity index (χ1n) is 6.21. The van der Waals surface area contributed by atoms with Crippen LogP contribution in [0.1, 0.15) is 32.1 Å². The molecule has 2 rings (SSSR count). The summed E-state index contributed by atoms with van der Waals surface area (Å²) in [6.07, 6.45) is 2.17. The maximum Gasteiger partial charge on any atom is 0.0957 e. The van der Waals surface area contributed by atoms with Crippen LogP contribution in [0.5, 0.6) is 0 Å². The lowest BCUT2D eigenvalue weighted by molar-refractivity contribution is 0.169. The zero-order chi connectivity index (χ0) is 12.3. The number of nitrogens with zero attached hydrogens (tertiary/aromatic N) is 2. The second kappa shape index (κ2) is 5.74. The van der Waals surface area contributed by atoms with Crippen molar-refractivity contribution in [3.63, 3.8) is 0 Å². The zero-order valence-electron chi connectivity index (χ0n) is 10.5. The Morgan fingerprint density at radius 1 is 1.59 bits per heavy atom. The molecule has 1 aromatic heterocycles. The topological polar surface area (TPSA) is 36.4 Å². The standard InChI is InChI=1S/C13H20N2OS/c1-3-13(16)12-5-4-11(8-14-12)15-6-7-17-10(2)9-15/h4-5,8,10,13,16H,3,6-7,9H2,1-2H3/t10?,13-/m0/s1. The lowest BCUT2D eigenvalue weighted by Crippen LogP contribution is -2.36. The van der Waals surface area contributed by atoms with Gasteiger partial charge in [0.15, 0.2) is 0 Å². The van der Waals surface area contributed by atoms with E-state index in [9.17, 15) is 5.11 Å². The van der Waals surface area contributed by atoms with Gasteiger partial charge in [-0.05, 0) is 18.6 Å². The molecule has 0 amide bonds. The molecule has 17 heavy (non-hydrogen) atoms. The SMILES string of the molecule is CC[C@H](O)c1ccc(N2CCSC(C)C2)cn1. The van der Waals surface area contributed by atoms with Crippen LogP contribution >= 0.6 is 11.8 Å². The summed E-state index contributed by atoms with van der Waals surface area (Å²) >= 11 is 2.03. The monoisotopic (exact) mass is 252 g/mol. The third-order valence-electron chi connectivity index (χ3n) is 3.11. The molecule has 2 heterocycles. The molecule has 0 radical (unpaired) electrons. The Kier molecular flexibility index (Phi) is 4.29. The average Bonchev–Trinajstić information content (AvgIpc) is 2.38. The van der Waals surface area contributed by atoms with E-state index in [2.05, 4.69) is 22.9 Å². The minimum atomic E-state index is -0.431.